The van der Waals surface area contributed by atoms with Gasteiger partial charge in [-0.2, -0.15) is 0 Å². The fraction of sp³-hybridized carbons (Fsp3) is 0.0667. The number of pyridine rings is 1. The third-order valence-corrected chi connectivity index (χ3v) is 4.03. The molecule has 3 rings (SSSR count). The quantitative estimate of drug-likeness (QED) is 0.800. The van der Waals surface area contributed by atoms with Crippen molar-refractivity contribution in [2.45, 2.75) is 6.92 Å². The van der Waals surface area contributed by atoms with E-state index in [1.54, 1.807) is 12.3 Å². The average Bonchev–Trinajstić information content (AvgIpc) is 2.87. The Morgan fingerprint density at radius 2 is 2.00 bits per heavy atom. The van der Waals surface area contributed by atoms with Crippen molar-refractivity contribution in [3.8, 4) is 11.6 Å². The minimum atomic E-state index is -0.438. The fourth-order valence-corrected chi connectivity index (χ4v) is 2.78. The van der Waals surface area contributed by atoms with Crippen molar-refractivity contribution >= 4 is 27.3 Å². The van der Waals surface area contributed by atoms with Gasteiger partial charge in [0.2, 0.25) is 5.88 Å². The van der Waals surface area contributed by atoms with E-state index in [-0.39, 0.29) is 0 Å². The van der Waals surface area contributed by atoms with E-state index in [1.807, 2.05) is 37.3 Å². The maximum Gasteiger partial charge on any atom is 0.258 e. The molecule has 3 aromatic rings. The summed E-state index contributed by atoms with van der Waals surface area (Å²) in [6.45, 7) is 2.02. The van der Waals surface area contributed by atoms with Gasteiger partial charge in [-0.1, -0.05) is 17.7 Å². The molecular formula is C15H12N2O2S. The predicted molar refractivity (Wildman–Crippen MR) is 79.4 cm³/mol. The summed E-state index contributed by atoms with van der Waals surface area (Å²) in [7, 11) is 0. The molecule has 0 saturated heterocycles. The minimum Gasteiger partial charge on any atom is -0.438 e. The lowest BCUT2D eigenvalue weighted by molar-refractivity contribution is 0.100. The first kappa shape index (κ1) is 12.6. The van der Waals surface area contributed by atoms with E-state index in [4.69, 9.17) is 10.5 Å². The van der Waals surface area contributed by atoms with Gasteiger partial charge in [-0.15, -0.1) is 11.3 Å². The maximum atomic E-state index is 11.2. The van der Waals surface area contributed by atoms with E-state index in [0.717, 1.165) is 15.6 Å². The van der Waals surface area contributed by atoms with Crippen LogP contribution in [0.2, 0.25) is 0 Å². The molecule has 1 amide bonds. The van der Waals surface area contributed by atoms with Crippen LogP contribution in [0, 0.1) is 6.92 Å². The highest BCUT2D eigenvalue weighted by Gasteiger charge is 2.12. The third kappa shape index (κ3) is 2.35. The molecule has 4 nitrogen and oxygen atoms in total. The van der Waals surface area contributed by atoms with Crippen molar-refractivity contribution in [2.75, 3.05) is 0 Å². The number of fused-ring (bicyclic) bond motifs is 1. The van der Waals surface area contributed by atoms with Gasteiger partial charge in [-0.05, 0) is 31.2 Å². The van der Waals surface area contributed by atoms with Crippen molar-refractivity contribution in [1.82, 2.24) is 4.98 Å². The largest absolute Gasteiger partial charge is 0.438 e. The van der Waals surface area contributed by atoms with Crippen molar-refractivity contribution < 1.29 is 9.53 Å². The molecule has 1 aromatic carbocycles. The molecule has 0 fully saturated rings. The Morgan fingerprint density at radius 1 is 1.25 bits per heavy atom. The lowest BCUT2D eigenvalue weighted by atomic mass is 10.2. The summed E-state index contributed by atoms with van der Waals surface area (Å²) in [4.78, 5) is 16.0. The molecular weight excluding hydrogens is 272 g/mol. The molecule has 0 spiro atoms. The second-order valence-electron chi connectivity index (χ2n) is 4.42. The number of rotatable bonds is 3. The van der Waals surface area contributed by atoms with Gasteiger partial charge in [0.25, 0.3) is 5.91 Å². The number of nitrogens with zero attached hydrogens (tertiary/aromatic N) is 1. The van der Waals surface area contributed by atoms with Crippen molar-refractivity contribution in [3.05, 3.63) is 53.0 Å². The average molecular weight is 284 g/mol. The topological polar surface area (TPSA) is 65.2 Å². The van der Waals surface area contributed by atoms with Crippen LogP contribution < -0.4 is 10.5 Å². The summed E-state index contributed by atoms with van der Waals surface area (Å²) in [5.41, 5.74) is 6.47. The highest BCUT2D eigenvalue weighted by molar-refractivity contribution is 7.21. The van der Waals surface area contributed by atoms with Gasteiger partial charge in [0.05, 0.1) is 9.58 Å². The van der Waals surface area contributed by atoms with Crippen LogP contribution in [0.4, 0.5) is 0 Å². The summed E-state index contributed by atoms with van der Waals surface area (Å²) in [6.07, 6.45) is 1.66. The molecule has 100 valence electrons. The lowest BCUT2D eigenvalue weighted by Gasteiger charge is -2.05. The number of hydrogen-bond acceptors (Lipinski definition) is 4. The molecule has 0 aliphatic heterocycles. The maximum absolute atomic E-state index is 11.2. The molecule has 2 heterocycles. The van der Waals surface area contributed by atoms with Crippen LogP contribution in [-0.4, -0.2) is 10.9 Å². The van der Waals surface area contributed by atoms with E-state index < -0.39 is 5.91 Å². The highest BCUT2D eigenvalue weighted by Crippen LogP contribution is 2.34. The zero-order valence-corrected chi connectivity index (χ0v) is 11.6. The first-order chi connectivity index (χ1) is 9.63. The van der Waals surface area contributed by atoms with Gasteiger partial charge < -0.3 is 10.5 Å². The molecule has 5 heteroatoms. The second-order valence-corrected chi connectivity index (χ2v) is 5.48. The SMILES string of the molecule is Cc1ccc(Oc2nccc3cc(C(N)=O)sc23)cc1. The van der Waals surface area contributed by atoms with Gasteiger partial charge in [0.15, 0.2) is 0 Å². The van der Waals surface area contributed by atoms with Crippen LogP contribution >= 0.6 is 11.3 Å². The monoisotopic (exact) mass is 284 g/mol. The molecule has 2 N–H and O–H groups in total. The summed E-state index contributed by atoms with van der Waals surface area (Å²) >= 11 is 1.29. The first-order valence-electron chi connectivity index (χ1n) is 6.06. The Morgan fingerprint density at radius 3 is 2.70 bits per heavy atom. The lowest BCUT2D eigenvalue weighted by Crippen LogP contribution is -2.07. The van der Waals surface area contributed by atoms with Gasteiger partial charge in [-0.3, -0.25) is 4.79 Å². The summed E-state index contributed by atoms with van der Waals surface area (Å²) in [5, 5.41) is 0.904. The van der Waals surface area contributed by atoms with Crippen molar-refractivity contribution in [3.63, 3.8) is 0 Å². The number of ether oxygens (including phenoxy) is 1. The van der Waals surface area contributed by atoms with Gasteiger partial charge in [0, 0.05) is 11.6 Å². The molecule has 0 radical (unpaired) electrons. The normalized spacial score (nSPS) is 10.7. The summed E-state index contributed by atoms with van der Waals surface area (Å²) < 4.78 is 6.61. The van der Waals surface area contributed by atoms with Gasteiger partial charge in [-0.25, -0.2) is 4.98 Å². The van der Waals surface area contributed by atoms with E-state index in [1.165, 1.54) is 11.3 Å². The Bertz CT molecular complexity index is 778. The van der Waals surface area contributed by atoms with Crippen molar-refractivity contribution in [1.29, 1.82) is 0 Å². The zero-order valence-electron chi connectivity index (χ0n) is 10.8. The number of primary amides is 1. The van der Waals surface area contributed by atoms with Crippen LogP contribution in [0.5, 0.6) is 11.6 Å². The number of aromatic nitrogens is 1. The van der Waals surface area contributed by atoms with Crippen molar-refractivity contribution in [2.24, 2.45) is 5.73 Å². The molecule has 0 aliphatic carbocycles. The van der Waals surface area contributed by atoms with Crippen LogP contribution in [0.3, 0.4) is 0 Å². The van der Waals surface area contributed by atoms with Crippen LogP contribution in [0.1, 0.15) is 15.2 Å². The predicted octanol–water partition coefficient (Wildman–Crippen LogP) is 3.50. The van der Waals surface area contributed by atoms with E-state index >= 15 is 0 Å². The summed E-state index contributed by atoms with van der Waals surface area (Å²) in [6, 6.07) is 11.3. The van der Waals surface area contributed by atoms with Gasteiger partial charge in [0.1, 0.15) is 5.75 Å². The second kappa shape index (κ2) is 4.94. The smallest absolute Gasteiger partial charge is 0.258 e. The van der Waals surface area contributed by atoms with Crippen LogP contribution in [0.25, 0.3) is 10.1 Å². The Balaban J connectivity index is 2.02. The van der Waals surface area contributed by atoms with Crippen LogP contribution in [-0.2, 0) is 0 Å². The molecule has 0 unspecified atom stereocenters. The number of benzene rings is 1. The molecule has 20 heavy (non-hydrogen) atoms. The number of hydrogen-bond donors (Lipinski definition) is 1. The number of carbonyl (C=O) groups is 1. The Hall–Kier alpha value is -2.40. The Labute approximate surface area is 119 Å². The van der Waals surface area contributed by atoms with E-state index in [0.29, 0.717) is 16.5 Å². The first-order valence-corrected chi connectivity index (χ1v) is 6.88. The minimum absolute atomic E-state index is 0.438. The van der Waals surface area contributed by atoms with E-state index in [9.17, 15) is 4.79 Å². The molecule has 2 aromatic heterocycles. The molecule has 0 aliphatic rings. The van der Waals surface area contributed by atoms with Gasteiger partial charge >= 0.3 is 0 Å². The number of aryl methyl sites for hydroxylation is 1. The number of thiophene rings is 1. The van der Waals surface area contributed by atoms with E-state index in [2.05, 4.69) is 4.98 Å². The fourth-order valence-electron chi connectivity index (χ4n) is 1.85. The third-order valence-electron chi connectivity index (χ3n) is 2.88. The standard InChI is InChI=1S/C15H12N2O2S/c1-9-2-4-11(5-3-9)19-15-13-10(6-7-17-15)8-12(20-13)14(16)18/h2-8H,1H3,(H2,16,18). The molecule has 0 bridgehead atoms. The van der Waals surface area contributed by atoms with Crippen LogP contribution in [0.15, 0.2) is 42.6 Å². The zero-order chi connectivity index (χ0) is 14.1. The highest BCUT2D eigenvalue weighted by atomic mass is 32.1. The summed E-state index contributed by atoms with van der Waals surface area (Å²) in [5.74, 6) is 0.765. The number of amides is 1. The number of nitrogens with two attached hydrogens (primary N) is 1. The molecule has 0 saturated carbocycles. The number of carbonyl (C=O) groups excluding carboxylic acids is 1. The Kier molecular flexibility index (Phi) is 3.12. The molecule has 0 atom stereocenters.